The number of nitrogens with one attached hydrogen (secondary N) is 3. The molecule has 2 heterocycles. The van der Waals surface area contributed by atoms with E-state index in [4.69, 9.17) is 0 Å². The second-order valence-corrected chi connectivity index (χ2v) is 6.61. The molecule has 0 radical (unpaired) electrons. The van der Waals surface area contributed by atoms with Gasteiger partial charge in [-0.25, -0.2) is 14.6 Å². The van der Waals surface area contributed by atoms with Crippen LogP contribution in [0.2, 0.25) is 0 Å². The van der Waals surface area contributed by atoms with Gasteiger partial charge in [-0.15, -0.1) is 5.10 Å². The normalized spacial score (nSPS) is 22.4. The molecule has 0 spiro atoms. The van der Waals surface area contributed by atoms with Gasteiger partial charge in [-0.2, -0.15) is 5.10 Å². The minimum absolute atomic E-state index is 0.179. The maximum atomic E-state index is 11.1. The molecule has 1 aliphatic rings. The molecule has 3 rings (SSSR count). The molecule has 1 fully saturated rings. The second-order valence-electron chi connectivity index (χ2n) is 6.61. The predicted octanol–water partition coefficient (Wildman–Crippen LogP) is 0.190. The van der Waals surface area contributed by atoms with E-state index in [0.717, 1.165) is 25.7 Å². The van der Waals surface area contributed by atoms with Crippen molar-refractivity contribution in [2.24, 2.45) is 0 Å². The van der Waals surface area contributed by atoms with Crippen LogP contribution in [0.5, 0.6) is 0 Å². The largest absolute Gasteiger partial charge is 0.384 e. The third-order valence-electron chi connectivity index (χ3n) is 4.29. The van der Waals surface area contributed by atoms with Crippen molar-refractivity contribution < 1.29 is 5.11 Å². The first-order valence-electron chi connectivity index (χ1n) is 7.95. The number of hydrogen-bond donors (Lipinski definition) is 4. The highest BCUT2D eigenvalue weighted by atomic mass is 16.3. The Kier molecular flexibility index (Phi) is 4.31. The van der Waals surface area contributed by atoms with Gasteiger partial charge in [-0.3, -0.25) is 4.98 Å². The molecule has 4 N–H and O–H groups in total. The lowest BCUT2D eigenvalue weighted by Crippen LogP contribution is -2.40. The summed E-state index contributed by atoms with van der Waals surface area (Å²) >= 11 is 0. The van der Waals surface area contributed by atoms with E-state index in [2.05, 4.69) is 30.8 Å². The number of hydrogen-bond acceptors (Lipinski definition) is 6. The van der Waals surface area contributed by atoms with E-state index in [0.29, 0.717) is 18.1 Å². The van der Waals surface area contributed by atoms with Crippen LogP contribution in [-0.4, -0.2) is 41.3 Å². The lowest BCUT2D eigenvalue weighted by Gasteiger charge is -2.32. The average Bonchev–Trinajstić information content (AvgIpc) is 3.14. The molecule has 0 aromatic carbocycles. The van der Waals surface area contributed by atoms with Gasteiger partial charge in [0.15, 0.2) is 0 Å². The van der Waals surface area contributed by atoms with Gasteiger partial charge in [0.1, 0.15) is 17.1 Å². The topological polar surface area (TPSA) is 125 Å². The van der Waals surface area contributed by atoms with Crippen LogP contribution in [-0.2, 0) is 12.1 Å². The minimum Gasteiger partial charge on any atom is -0.384 e. The summed E-state index contributed by atoms with van der Waals surface area (Å²) in [5, 5.41) is 28.1. The number of aromatic amines is 2. The second kappa shape index (κ2) is 6.25. The summed E-state index contributed by atoms with van der Waals surface area (Å²) in [6.45, 7) is 3.89. The third kappa shape index (κ3) is 3.67. The van der Waals surface area contributed by atoms with Crippen molar-refractivity contribution >= 4 is 0 Å². The SMILES string of the molecule is CC(C)(O)c1cn([C@H]2CCCC[C@@H]2NCc2n[nH]c(=O)[nH]2)nn1. The third-order valence-corrected chi connectivity index (χ3v) is 4.29. The van der Waals surface area contributed by atoms with Crippen molar-refractivity contribution in [2.75, 3.05) is 0 Å². The van der Waals surface area contributed by atoms with Gasteiger partial charge in [0.25, 0.3) is 0 Å². The van der Waals surface area contributed by atoms with Crippen LogP contribution in [0.1, 0.15) is 57.1 Å². The first-order valence-corrected chi connectivity index (χ1v) is 7.95. The summed E-state index contributed by atoms with van der Waals surface area (Å²) in [5.74, 6) is 0.593. The zero-order valence-corrected chi connectivity index (χ0v) is 13.4. The van der Waals surface area contributed by atoms with E-state index in [1.54, 1.807) is 13.8 Å². The van der Waals surface area contributed by atoms with Gasteiger partial charge in [0.05, 0.1) is 18.8 Å². The summed E-state index contributed by atoms with van der Waals surface area (Å²) in [4.78, 5) is 13.7. The highest BCUT2D eigenvalue weighted by Crippen LogP contribution is 2.29. The zero-order chi connectivity index (χ0) is 16.4. The lowest BCUT2D eigenvalue weighted by atomic mass is 9.90. The standard InChI is InChI=1S/C14H23N7O2/c1-14(2,23)11-8-21(20-17-11)10-6-4-3-5-9(10)15-7-12-16-13(22)19-18-12/h8-10,15,23H,3-7H2,1-2H3,(H2,16,18,19,22)/t9-,10-/m0/s1. The molecule has 0 unspecified atom stereocenters. The van der Waals surface area contributed by atoms with Crippen molar-refractivity contribution in [2.45, 2.75) is 63.8 Å². The summed E-state index contributed by atoms with van der Waals surface area (Å²) < 4.78 is 1.84. The van der Waals surface area contributed by atoms with Crippen LogP contribution in [0.25, 0.3) is 0 Å². The van der Waals surface area contributed by atoms with Crippen LogP contribution < -0.4 is 11.0 Å². The van der Waals surface area contributed by atoms with Crippen LogP contribution >= 0.6 is 0 Å². The van der Waals surface area contributed by atoms with Crippen LogP contribution in [0.3, 0.4) is 0 Å². The van der Waals surface area contributed by atoms with E-state index in [1.165, 1.54) is 0 Å². The van der Waals surface area contributed by atoms with Crippen LogP contribution in [0, 0.1) is 0 Å². The minimum atomic E-state index is -0.996. The highest BCUT2D eigenvalue weighted by Gasteiger charge is 2.29. The Labute approximate surface area is 133 Å². The van der Waals surface area contributed by atoms with Gasteiger partial charge in [-0.1, -0.05) is 18.1 Å². The Balaban J connectivity index is 1.70. The van der Waals surface area contributed by atoms with Gasteiger partial charge in [-0.05, 0) is 26.7 Å². The molecule has 0 saturated heterocycles. The number of rotatable bonds is 5. The number of H-pyrrole nitrogens is 2. The summed E-state index contributed by atoms with van der Waals surface area (Å²) in [6.07, 6.45) is 6.14. The van der Waals surface area contributed by atoms with Crippen molar-refractivity contribution in [3.05, 3.63) is 28.2 Å². The summed E-state index contributed by atoms with van der Waals surface area (Å²) in [6, 6.07) is 0.401. The number of nitrogens with zero attached hydrogens (tertiary/aromatic N) is 4. The molecule has 0 bridgehead atoms. The maximum Gasteiger partial charge on any atom is 0.340 e. The Morgan fingerprint density at radius 1 is 1.43 bits per heavy atom. The van der Waals surface area contributed by atoms with Crippen molar-refractivity contribution in [3.63, 3.8) is 0 Å². The molecule has 0 amide bonds. The first kappa shape index (κ1) is 15.9. The van der Waals surface area contributed by atoms with Crippen molar-refractivity contribution in [3.8, 4) is 0 Å². The first-order chi connectivity index (χ1) is 10.9. The van der Waals surface area contributed by atoms with Gasteiger partial charge >= 0.3 is 5.69 Å². The smallest absolute Gasteiger partial charge is 0.340 e. The van der Waals surface area contributed by atoms with E-state index >= 15 is 0 Å². The molecule has 9 nitrogen and oxygen atoms in total. The molecule has 0 aliphatic heterocycles. The lowest BCUT2D eigenvalue weighted by molar-refractivity contribution is 0.0736. The van der Waals surface area contributed by atoms with E-state index < -0.39 is 5.60 Å². The predicted molar refractivity (Wildman–Crippen MR) is 82.6 cm³/mol. The molecule has 9 heteroatoms. The number of aromatic nitrogens is 6. The molecule has 126 valence electrons. The maximum absolute atomic E-state index is 11.1. The monoisotopic (exact) mass is 321 g/mol. The van der Waals surface area contributed by atoms with Crippen molar-refractivity contribution in [1.82, 2.24) is 35.5 Å². The van der Waals surface area contributed by atoms with Crippen molar-refractivity contribution in [1.29, 1.82) is 0 Å². The number of aliphatic hydroxyl groups is 1. The highest BCUT2D eigenvalue weighted by molar-refractivity contribution is 5.04. The molecule has 2 aromatic heterocycles. The average molecular weight is 321 g/mol. The van der Waals surface area contributed by atoms with E-state index in [1.807, 2.05) is 10.9 Å². The summed E-state index contributed by atoms with van der Waals surface area (Å²) in [7, 11) is 0. The van der Waals surface area contributed by atoms with Gasteiger partial charge < -0.3 is 10.4 Å². The molecular formula is C14H23N7O2. The zero-order valence-electron chi connectivity index (χ0n) is 13.4. The Morgan fingerprint density at radius 3 is 2.87 bits per heavy atom. The van der Waals surface area contributed by atoms with Crippen LogP contribution in [0.15, 0.2) is 11.0 Å². The van der Waals surface area contributed by atoms with E-state index in [-0.39, 0.29) is 17.8 Å². The van der Waals surface area contributed by atoms with E-state index in [9.17, 15) is 9.90 Å². The molecule has 23 heavy (non-hydrogen) atoms. The molecule has 2 aromatic rings. The Morgan fingerprint density at radius 2 is 2.22 bits per heavy atom. The fourth-order valence-electron chi connectivity index (χ4n) is 3.00. The molecule has 1 saturated carbocycles. The molecular weight excluding hydrogens is 298 g/mol. The Hall–Kier alpha value is -2.00. The quantitative estimate of drug-likeness (QED) is 0.623. The van der Waals surface area contributed by atoms with Gasteiger partial charge in [0.2, 0.25) is 0 Å². The molecule has 1 aliphatic carbocycles. The van der Waals surface area contributed by atoms with Crippen LogP contribution in [0.4, 0.5) is 0 Å². The Bertz CT molecular complexity index is 696. The molecule has 2 atom stereocenters. The fourth-order valence-corrected chi connectivity index (χ4v) is 3.00. The van der Waals surface area contributed by atoms with Gasteiger partial charge in [0, 0.05) is 6.04 Å². The fraction of sp³-hybridized carbons (Fsp3) is 0.714. The summed E-state index contributed by atoms with van der Waals surface area (Å²) in [5.41, 5.74) is -0.726.